The van der Waals surface area contributed by atoms with E-state index in [2.05, 4.69) is 51.2 Å². The molecule has 0 aliphatic heterocycles. The average molecular weight is 261 g/mol. The molecule has 0 aromatic heterocycles. The van der Waals surface area contributed by atoms with Crippen LogP contribution in [0.15, 0.2) is 29.8 Å². The topological polar surface area (TPSA) is 21.3 Å². The van der Waals surface area contributed by atoms with Crippen molar-refractivity contribution in [2.45, 2.75) is 46.6 Å². The minimum absolute atomic E-state index is 0.154. The van der Waals surface area contributed by atoms with Gasteiger partial charge in [0.25, 0.3) is 0 Å². The van der Waals surface area contributed by atoms with Gasteiger partial charge in [0.1, 0.15) is 5.75 Å². The van der Waals surface area contributed by atoms with Gasteiger partial charge in [-0.2, -0.15) is 0 Å². The van der Waals surface area contributed by atoms with Crippen LogP contribution >= 0.6 is 0 Å². The van der Waals surface area contributed by atoms with Crippen LogP contribution in [0.5, 0.6) is 5.75 Å². The number of rotatable bonds is 6. The van der Waals surface area contributed by atoms with Crippen molar-refractivity contribution in [3.05, 3.63) is 35.4 Å². The number of ether oxygens (including phenoxy) is 1. The summed E-state index contributed by atoms with van der Waals surface area (Å²) in [5.74, 6) is 0.940. The fourth-order valence-electron chi connectivity index (χ4n) is 1.75. The molecule has 0 spiro atoms. The van der Waals surface area contributed by atoms with E-state index in [0.717, 1.165) is 18.7 Å². The summed E-state index contributed by atoms with van der Waals surface area (Å²) in [5.41, 5.74) is 2.77. The summed E-state index contributed by atoms with van der Waals surface area (Å²) in [5, 5.41) is 3.53. The summed E-state index contributed by atoms with van der Waals surface area (Å²) in [6, 6.07) is 8.26. The van der Waals surface area contributed by atoms with Crippen molar-refractivity contribution in [3.63, 3.8) is 0 Å². The maximum atomic E-state index is 5.53. The van der Waals surface area contributed by atoms with E-state index in [-0.39, 0.29) is 5.54 Å². The van der Waals surface area contributed by atoms with Crippen molar-refractivity contribution in [2.24, 2.45) is 0 Å². The first-order valence-corrected chi connectivity index (χ1v) is 7.12. The van der Waals surface area contributed by atoms with Crippen LogP contribution in [-0.4, -0.2) is 18.7 Å². The minimum atomic E-state index is 0.154. The van der Waals surface area contributed by atoms with Crippen LogP contribution in [0.4, 0.5) is 0 Å². The van der Waals surface area contributed by atoms with Gasteiger partial charge in [-0.3, -0.25) is 0 Å². The number of nitrogens with one attached hydrogen (secondary N) is 1. The maximum absolute atomic E-state index is 5.53. The van der Waals surface area contributed by atoms with Crippen molar-refractivity contribution in [2.75, 3.05) is 13.2 Å². The quantitative estimate of drug-likeness (QED) is 0.826. The molecule has 1 N–H and O–H groups in total. The lowest BCUT2D eigenvalue weighted by atomic mass is 10.1. The maximum Gasteiger partial charge on any atom is 0.119 e. The Kier molecular flexibility index (Phi) is 6.10. The third-order valence-corrected chi connectivity index (χ3v) is 2.84. The highest BCUT2D eigenvalue weighted by Crippen LogP contribution is 2.17. The lowest BCUT2D eigenvalue weighted by molar-refractivity contribution is 0.340. The molecule has 0 unspecified atom stereocenters. The van der Waals surface area contributed by atoms with Gasteiger partial charge in [0.05, 0.1) is 6.61 Å². The van der Waals surface area contributed by atoms with Crippen molar-refractivity contribution in [3.8, 4) is 5.75 Å². The minimum Gasteiger partial charge on any atom is -0.494 e. The van der Waals surface area contributed by atoms with Gasteiger partial charge in [0.15, 0.2) is 0 Å². The Bertz CT molecular complexity index is 416. The number of benzene rings is 1. The highest BCUT2D eigenvalue weighted by molar-refractivity contribution is 5.55. The molecule has 2 heteroatoms. The second-order valence-electron chi connectivity index (χ2n) is 5.77. The van der Waals surface area contributed by atoms with Gasteiger partial charge in [-0.15, -0.1) is 0 Å². The Balaban J connectivity index is 2.76. The molecule has 0 fully saturated rings. The zero-order chi connectivity index (χ0) is 14.3. The van der Waals surface area contributed by atoms with Crippen LogP contribution in [0.3, 0.4) is 0 Å². The largest absolute Gasteiger partial charge is 0.494 e. The first-order valence-electron chi connectivity index (χ1n) is 7.12. The lowest BCUT2D eigenvalue weighted by Crippen LogP contribution is -2.36. The van der Waals surface area contributed by atoms with Gasteiger partial charge in [-0.25, -0.2) is 0 Å². The fraction of sp³-hybridized carbons (Fsp3) is 0.529. The van der Waals surface area contributed by atoms with Gasteiger partial charge >= 0.3 is 0 Å². The SMILES string of the molecule is CCOc1cccc(C=C(CC)CNC(C)(C)C)c1. The monoisotopic (exact) mass is 261 g/mol. The molecule has 0 atom stereocenters. The second-order valence-corrected chi connectivity index (χ2v) is 5.77. The molecule has 0 aliphatic rings. The zero-order valence-electron chi connectivity index (χ0n) is 12.9. The van der Waals surface area contributed by atoms with Crippen LogP contribution in [0.25, 0.3) is 6.08 Å². The molecule has 1 rings (SSSR count). The van der Waals surface area contributed by atoms with E-state index in [1.165, 1.54) is 11.1 Å². The van der Waals surface area contributed by atoms with Crippen LogP contribution in [-0.2, 0) is 0 Å². The highest BCUT2D eigenvalue weighted by atomic mass is 16.5. The smallest absolute Gasteiger partial charge is 0.119 e. The van der Waals surface area contributed by atoms with E-state index < -0.39 is 0 Å². The first-order chi connectivity index (χ1) is 8.94. The van der Waals surface area contributed by atoms with Crippen molar-refractivity contribution in [1.29, 1.82) is 0 Å². The number of hydrogen-bond donors (Lipinski definition) is 1. The molecule has 2 nitrogen and oxygen atoms in total. The van der Waals surface area contributed by atoms with E-state index in [1.807, 2.05) is 19.1 Å². The van der Waals surface area contributed by atoms with Crippen LogP contribution in [0.2, 0.25) is 0 Å². The second kappa shape index (κ2) is 7.34. The van der Waals surface area contributed by atoms with Crippen molar-refractivity contribution < 1.29 is 4.74 Å². The van der Waals surface area contributed by atoms with Gasteiger partial charge in [0, 0.05) is 12.1 Å². The molecule has 106 valence electrons. The predicted molar refractivity (Wildman–Crippen MR) is 83.6 cm³/mol. The van der Waals surface area contributed by atoms with Crippen LogP contribution in [0, 0.1) is 0 Å². The Hall–Kier alpha value is -1.28. The lowest BCUT2D eigenvalue weighted by Gasteiger charge is -2.21. The molecule has 1 aromatic carbocycles. The van der Waals surface area contributed by atoms with E-state index in [1.54, 1.807) is 0 Å². The molecular weight excluding hydrogens is 234 g/mol. The number of hydrogen-bond acceptors (Lipinski definition) is 2. The molecule has 0 amide bonds. The van der Waals surface area contributed by atoms with E-state index in [0.29, 0.717) is 6.61 Å². The summed E-state index contributed by atoms with van der Waals surface area (Å²) < 4.78 is 5.53. The van der Waals surface area contributed by atoms with E-state index in [9.17, 15) is 0 Å². The first kappa shape index (κ1) is 15.8. The predicted octanol–water partition coefficient (Wildman–Crippen LogP) is 4.27. The van der Waals surface area contributed by atoms with E-state index in [4.69, 9.17) is 4.74 Å². The summed E-state index contributed by atoms with van der Waals surface area (Å²) >= 11 is 0. The standard InChI is InChI=1S/C17H27NO/c1-6-14(13-18-17(3,4)5)11-15-9-8-10-16(12-15)19-7-2/h8-12,18H,6-7,13H2,1-5H3. The molecule has 0 saturated heterocycles. The molecule has 0 radical (unpaired) electrons. The molecule has 19 heavy (non-hydrogen) atoms. The molecule has 0 saturated carbocycles. The molecule has 0 heterocycles. The Morgan fingerprint density at radius 1 is 1.26 bits per heavy atom. The fourth-order valence-corrected chi connectivity index (χ4v) is 1.75. The Labute approximate surface area is 117 Å². The van der Waals surface area contributed by atoms with Crippen LogP contribution < -0.4 is 10.1 Å². The van der Waals surface area contributed by atoms with Crippen molar-refractivity contribution >= 4 is 6.08 Å². The van der Waals surface area contributed by atoms with Gasteiger partial charge < -0.3 is 10.1 Å². The van der Waals surface area contributed by atoms with Crippen LogP contribution in [0.1, 0.15) is 46.6 Å². The van der Waals surface area contributed by atoms with Gasteiger partial charge in [0.2, 0.25) is 0 Å². The molecule has 0 aliphatic carbocycles. The Morgan fingerprint density at radius 2 is 2.00 bits per heavy atom. The normalized spacial score (nSPS) is 12.6. The molecular formula is C17H27NO. The van der Waals surface area contributed by atoms with Gasteiger partial charge in [-0.05, 0) is 51.8 Å². The third-order valence-electron chi connectivity index (χ3n) is 2.84. The summed E-state index contributed by atoms with van der Waals surface area (Å²) in [4.78, 5) is 0. The summed E-state index contributed by atoms with van der Waals surface area (Å²) in [6.07, 6.45) is 3.31. The molecule has 0 bridgehead atoms. The summed E-state index contributed by atoms with van der Waals surface area (Å²) in [7, 11) is 0. The van der Waals surface area contributed by atoms with E-state index >= 15 is 0 Å². The average Bonchev–Trinajstić information content (AvgIpc) is 2.34. The van der Waals surface area contributed by atoms with Crippen molar-refractivity contribution in [1.82, 2.24) is 5.32 Å². The molecule has 1 aromatic rings. The zero-order valence-corrected chi connectivity index (χ0v) is 12.9. The third kappa shape index (κ3) is 6.44. The highest BCUT2D eigenvalue weighted by Gasteiger charge is 2.08. The van der Waals surface area contributed by atoms with Gasteiger partial charge in [-0.1, -0.05) is 30.7 Å². The Morgan fingerprint density at radius 3 is 2.58 bits per heavy atom. The summed E-state index contributed by atoms with van der Waals surface area (Å²) in [6.45, 7) is 12.4.